The number of hydrazone groups is 1. The Labute approximate surface area is 175 Å². The molecule has 2 N–H and O–H groups in total. The highest BCUT2D eigenvalue weighted by Gasteiger charge is 2.03. The van der Waals surface area contributed by atoms with Gasteiger partial charge in [0.15, 0.2) is 0 Å². The van der Waals surface area contributed by atoms with Gasteiger partial charge in [-0.2, -0.15) is 5.10 Å². The van der Waals surface area contributed by atoms with Crippen molar-refractivity contribution in [3.63, 3.8) is 0 Å². The summed E-state index contributed by atoms with van der Waals surface area (Å²) in [6.45, 7) is 0.127. The van der Waals surface area contributed by atoms with Crippen LogP contribution in [0.2, 0.25) is 0 Å². The Morgan fingerprint density at radius 2 is 1.57 bits per heavy atom. The van der Waals surface area contributed by atoms with E-state index in [1.165, 1.54) is 0 Å². The monoisotopic (exact) mass is 395 g/mol. The molecule has 0 saturated heterocycles. The van der Waals surface area contributed by atoms with Gasteiger partial charge in [0.1, 0.15) is 11.5 Å². The molecule has 5 heteroatoms. The normalized spacial score (nSPS) is 10.8. The van der Waals surface area contributed by atoms with Gasteiger partial charge in [0.25, 0.3) is 5.91 Å². The number of hydrogen-bond acceptors (Lipinski definition) is 4. The molecule has 30 heavy (non-hydrogen) atoms. The van der Waals surface area contributed by atoms with E-state index in [-0.39, 0.29) is 12.5 Å². The van der Waals surface area contributed by atoms with Gasteiger partial charge in [-0.05, 0) is 41.3 Å². The lowest BCUT2D eigenvalue weighted by Gasteiger charge is -2.09. The Bertz CT molecular complexity index is 1170. The quantitative estimate of drug-likeness (QED) is 0.334. The average Bonchev–Trinajstić information content (AvgIpc) is 2.79. The van der Waals surface area contributed by atoms with Gasteiger partial charge in [0, 0.05) is 11.1 Å². The molecule has 1 amide bonds. The van der Waals surface area contributed by atoms with Gasteiger partial charge >= 0.3 is 0 Å². The molecule has 4 aromatic rings. The Balaban J connectivity index is 1.32. The maximum atomic E-state index is 12.1. The van der Waals surface area contributed by atoms with E-state index in [4.69, 9.17) is 4.74 Å². The maximum absolute atomic E-state index is 12.1. The Morgan fingerprint density at radius 1 is 0.833 bits per heavy atom. The van der Waals surface area contributed by atoms with Crippen molar-refractivity contribution < 1.29 is 9.53 Å². The highest BCUT2D eigenvalue weighted by Crippen LogP contribution is 2.23. The van der Waals surface area contributed by atoms with Gasteiger partial charge in [-0.1, -0.05) is 66.7 Å². The topological polar surface area (TPSA) is 62.7 Å². The van der Waals surface area contributed by atoms with Gasteiger partial charge in [-0.25, -0.2) is 5.43 Å². The van der Waals surface area contributed by atoms with Gasteiger partial charge in [-0.3, -0.25) is 4.79 Å². The molecule has 5 nitrogen and oxygen atoms in total. The lowest BCUT2D eigenvalue weighted by atomic mass is 10.1. The highest BCUT2D eigenvalue weighted by molar-refractivity contribution is 5.95. The van der Waals surface area contributed by atoms with E-state index in [1.54, 1.807) is 6.21 Å². The van der Waals surface area contributed by atoms with E-state index >= 15 is 0 Å². The molecule has 0 fully saturated rings. The zero-order valence-corrected chi connectivity index (χ0v) is 16.3. The number of carbonyl (C=O) groups is 1. The number of fused-ring (bicyclic) bond motifs is 1. The van der Waals surface area contributed by atoms with Crippen molar-refractivity contribution in [2.24, 2.45) is 5.10 Å². The second-order valence-electron chi connectivity index (χ2n) is 6.66. The summed E-state index contributed by atoms with van der Waals surface area (Å²) in [5.41, 5.74) is 4.29. The largest absolute Gasteiger partial charge is 0.457 e. The predicted octanol–water partition coefficient (Wildman–Crippen LogP) is 5.19. The summed E-state index contributed by atoms with van der Waals surface area (Å²) < 4.78 is 5.81. The SMILES string of the molecule is O=C(CNc1cccc2ccccc12)N/N=C\c1cccc(Oc2ccccc2)c1. The lowest BCUT2D eigenvalue weighted by molar-refractivity contribution is -0.119. The first-order valence-corrected chi connectivity index (χ1v) is 9.64. The van der Waals surface area contributed by atoms with Crippen LogP contribution in [0.3, 0.4) is 0 Å². The third-order valence-corrected chi connectivity index (χ3v) is 4.47. The number of carbonyl (C=O) groups excluding carboxylic acids is 1. The molecule has 4 aromatic carbocycles. The zero-order valence-electron chi connectivity index (χ0n) is 16.3. The second kappa shape index (κ2) is 9.39. The molecule has 0 aliphatic rings. The van der Waals surface area contributed by atoms with Crippen molar-refractivity contribution in [3.05, 3.63) is 103 Å². The summed E-state index contributed by atoms with van der Waals surface area (Å²) in [6.07, 6.45) is 1.59. The fourth-order valence-corrected chi connectivity index (χ4v) is 3.06. The summed E-state index contributed by atoms with van der Waals surface area (Å²) in [6, 6.07) is 31.1. The first kappa shape index (κ1) is 19.2. The van der Waals surface area contributed by atoms with E-state index in [9.17, 15) is 4.79 Å². The molecule has 0 spiro atoms. The number of amides is 1. The van der Waals surface area contributed by atoms with Crippen LogP contribution in [0, 0.1) is 0 Å². The van der Waals surface area contributed by atoms with Crippen LogP contribution in [0.15, 0.2) is 102 Å². The molecule has 0 saturated carbocycles. The molecule has 0 atom stereocenters. The van der Waals surface area contributed by atoms with Crippen LogP contribution in [0.1, 0.15) is 5.56 Å². The van der Waals surface area contributed by atoms with Crippen molar-refractivity contribution in [2.45, 2.75) is 0 Å². The molecular formula is C25H21N3O2. The standard InChI is InChI=1S/C25H21N3O2/c29-25(18-26-24-15-7-10-20-9-4-5-14-23(20)24)28-27-17-19-8-6-13-22(16-19)30-21-11-2-1-3-12-21/h1-17,26H,18H2,(H,28,29)/b27-17-. The first-order chi connectivity index (χ1) is 14.8. The fraction of sp³-hybridized carbons (Fsp3) is 0.0400. The van der Waals surface area contributed by atoms with Gasteiger partial charge in [-0.15, -0.1) is 0 Å². The summed E-state index contributed by atoms with van der Waals surface area (Å²) in [5.74, 6) is 1.24. The Morgan fingerprint density at radius 3 is 2.47 bits per heavy atom. The van der Waals surface area contributed by atoms with E-state index in [1.807, 2.05) is 97.1 Å². The van der Waals surface area contributed by atoms with Crippen molar-refractivity contribution in [3.8, 4) is 11.5 Å². The number of benzene rings is 4. The van der Waals surface area contributed by atoms with Crippen LogP contribution in [-0.2, 0) is 4.79 Å². The van der Waals surface area contributed by atoms with Crippen molar-refractivity contribution in [2.75, 3.05) is 11.9 Å². The van der Waals surface area contributed by atoms with E-state index in [2.05, 4.69) is 15.8 Å². The number of hydrogen-bond donors (Lipinski definition) is 2. The minimum Gasteiger partial charge on any atom is -0.457 e. The zero-order chi connectivity index (χ0) is 20.6. The van der Waals surface area contributed by atoms with Crippen molar-refractivity contribution in [1.82, 2.24) is 5.43 Å². The van der Waals surface area contributed by atoms with Crippen molar-refractivity contribution in [1.29, 1.82) is 0 Å². The lowest BCUT2D eigenvalue weighted by Crippen LogP contribution is -2.25. The summed E-state index contributed by atoms with van der Waals surface area (Å²) in [4.78, 5) is 12.1. The number of nitrogens with one attached hydrogen (secondary N) is 2. The van der Waals surface area contributed by atoms with Crippen LogP contribution < -0.4 is 15.5 Å². The molecule has 0 unspecified atom stereocenters. The number of rotatable bonds is 7. The van der Waals surface area contributed by atoms with Crippen LogP contribution >= 0.6 is 0 Å². The third-order valence-electron chi connectivity index (χ3n) is 4.47. The molecule has 0 aliphatic heterocycles. The van der Waals surface area contributed by atoms with Crippen LogP contribution in [0.25, 0.3) is 10.8 Å². The minimum atomic E-state index is -0.226. The summed E-state index contributed by atoms with van der Waals surface area (Å²) >= 11 is 0. The van der Waals surface area contributed by atoms with Gasteiger partial charge < -0.3 is 10.1 Å². The molecule has 0 aromatic heterocycles. The minimum absolute atomic E-state index is 0.127. The van der Waals surface area contributed by atoms with Crippen LogP contribution in [0.5, 0.6) is 11.5 Å². The highest BCUT2D eigenvalue weighted by atomic mass is 16.5. The predicted molar refractivity (Wildman–Crippen MR) is 121 cm³/mol. The average molecular weight is 395 g/mol. The molecule has 0 bridgehead atoms. The summed E-state index contributed by atoms with van der Waals surface area (Å²) in [5, 5.41) is 9.41. The number of nitrogens with zero attached hydrogens (tertiary/aromatic N) is 1. The molecular weight excluding hydrogens is 374 g/mol. The van der Waals surface area contributed by atoms with Crippen molar-refractivity contribution >= 4 is 28.6 Å². The molecule has 0 aliphatic carbocycles. The Hall–Kier alpha value is -4.12. The van der Waals surface area contributed by atoms with Crippen LogP contribution in [-0.4, -0.2) is 18.7 Å². The Kier molecular flexibility index (Phi) is 6.01. The molecule has 148 valence electrons. The van der Waals surface area contributed by atoms with E-state index in [0.717, 1.165) is 27.8 Å². The number of ether oxygens (including phenoxy) is 1. The van der Waals surface area contributed by atoms with E-state index < -0.39 is 0 Å². The molecule has 0 heterocycles. The maximum Gasteiger partial charge on any atom is 0.259 e. The number of anilines is 1. The number of para-hydroxylation sites is 1. The fourth-order valence-electron chi connectivity index (χ4n) is 3.06. The van der Waals surface area contributed by atoms with E-state index in [0.29, 0.717) is 5.75 Å². The molecule has 0 radical (unpaired) electrons. The van der Waals surface area contributed by atoms with Gasteiger partial charge in [0.05, 0.1) is 12.8 Å². The van der Waals surface area contributed by atoms with Crippen LogP contribution in [0.4, 0.5) is 5.69 Å². The first-order valence-electron chi connectivity index (χ1n) is 9.64. The smallest absolute Gasteiger partial charge is 0.259 e. The summed E-state index contributed by atoms with van der Waals surface area (Å²) in [7, 11) is 0. The third kappa shape index (κ3) is 5.02. The molecule has 4 rings (SSSR count). The second-order valence-corrected chi connectivity index (χ2v) is 6.66. The van der Waals surface area contributed by atoms with Gasteiger partial charge in [0.2, 0.25) is 0 Å².